The Morgan fingerprint density at radius 3 is 2.29 bits per heavy atom. The van der Waals surface area contributed by atoms with Gasteiger partial charge in [0.25, 0.3) is 0 Å². The maximum atomic E-state index is 13.6. The number of alkyl carbamates (subject to hydrolysis) is 1. The first-order valence-electron chi connectivity index (χ1n) is 11.9. The van der Waals surface area contributed by atoms with E-state index in [-0.39, 0.29) is 17.9 Å². The van der Waals surface area contributed by atoms with Gasteiger partial charge < -0.3 is 19.9 Å². The van der Waals surface area contributed by atoms with Crippen LogP contribution in [0.1, 0.15) is 51.8 Å². The van der Waals surface area contributed by atoms with Crippen LogP contribution >= 0.6 is 23.2 Å². The first kappa shape index (κ1) is 27.2. The molecule has 1 heterocycles. The van der Waals surface area contributed by atoms with E-state index in [4.69, 9.17) is 27.9 Å². The fraction of sp³-hybridized carbons (Fsp3) is 0.481. The van der Waals surface area contributed by atoms with Gasteiger partial charge in [-0.15, -0.1) is 0 Å². The number of anilines is 1. The Labute approximate surface area is 218 Å². The van der Waals surface area contributed by atoms with Crippen LogP contribution < -0.4 is 10.2 Å². The lowest BCUT2D eigenvalue weighted by Crippen LogP contribution is -2.57. The molecule has 190 valence electrons. The molecule has 6 nitrogen and oxygen atoms in total. The Balaban J connectivity index is 1.87. The minimum Gasteiger partial charge on any atom is -0.444 e. The van der Waals surface area contributed by atoms with E-state index in [0.717, 1.165) is 16.8 Å². The molecule has 1 N–H and O–H groups in total. The summed E-state index contributed by atoms with van der Waals surface area (Å²) in [5.74, 6) is -0.229. The van der Waals surface area contributed by atoms with Gasteiger partial charge in [-0.1, -0.05) is 55.2 Å². The Bertz CT molecular complexity index is 1050. The fourth-order valence-electron chi connectivity index (χ4n) is 4.23. The van der Waals surface area contributed by atoms with Gasteiger partial charge >= 0.3 is 6.09 Å². The van der Waals surface area contributed by atoms with Crippen LogP contribution in [0, 0.1) is 12.8 Å². The zero-order valence-corrected chi connectivity index (χ0v) is 22.8. The highest BCUT2D eigenvalue weighted by atomic mass is 35.5. The summed E-state index contributed by atoms with van der Waals surface area (Å²) in [4.78, 5) is 30.1. The number of rotatable bonds is 5. The van der Waals surface area contributed by atoms with Crippen molar-refractivity contribution in [1.29, 1.82) is 0 Å². The SMILES string of the molecule is Cc1ccc(N2CCN(C(=O)[C@H](NC(=O)OC(C)(C)C)C(C)C)C[C@H]2c2ccc(Cl)cc2)c(Cl)c1. The Morgan fingerprint density at radius 2 is 1.71 bits per heavy atom. The van der Waals surface area contributed by atoms with Crippen molar-refractivity contribution in [3.8, 4) is 0 Å². The van der Waals surface area contributed by atoms with Crippen LogP contribution in [0.3, 0.4) is 0 Å². The number of carbonyl (C=O) groups excluding carboxylic acids is 2. The molecular formula is C27H35Cl2N3O3. The second-order valence-corrected chi connectivity index (χ2v) is 11.2. The summed E-state index contributed by atoms with van der Waals surface area (Å²) in [6, 6.07) is 12.9. The van der Waals surface area contributed by atoms with Crippen molar-refractivity contribution in [3.05, 3.63) is 63.6 Å². The molecule has 1 saturated heterocycles. The Hall–Kier alpha value is -2.44. The molecule has 1 aliphatic heterocycles. The van der Waals surface area contributed by atoms with E-state index in [2.05, 4.69) is 10.2 Å². The predicted molar refractivity (Wildman–Crippen MR) is 142 cm³/mol. The third-order valence-corrected chi connectivity index (χ3v) is 6.52. The van der Waals surface area contributed by atoms with E-state index in [1.54, 1.807) is 20.8 Å². The van der Waals surface area contributed by atoms with Gasteiger partial charge in [-0.05, 0) is 69.0 Å². The van der Waals surface area contributed by atoms with Crippen LogP contribution in [-0.4, -0.2) is 48.2 Å². The molecule has 2 atom stereocenters. The minimum atomic E-state index is -0.690. The molecule has 3 rings (SSSR count). The molecule has 0 saturated carbocycles. The fourth-order valence-corrected chi connectivity index (χ4v) is 4.70. The van der Waals surface area contributed by atoms with Crippen LogP contribution in [-0.2, 0) is 9.53 Å². The second-order valence-electron chi connectivity index (χ2n) is 10.4. The smallest absolute Gasteiger partial charge is 0.408 e. The monoisotopic (exact) mass is 519 g/mol. The quantitative estimate of drug-likeness (QED) is 0.507. The van der Waals surface area contributed by atoms with Crippen molar-refractivity contribution in [1.82, 2.24) is 10.2 Å². The normalized spacial score (nSPS) is 17.3. The van der Waals surface area contributed by atoms with Gasteiger partial charge in [-0.25, -0.2) is 4.79 Å². The average Bonchev–Trinajstić information content (AvgIpc) is 2.76. The van der Waals surface area contributed by atoms with Crippen molar-refractivity contribution >= 4 is 40.9 Å². The molecular weight excluding hydrogens is 485 g/mol. The number of nitrogens with one attached hydrogen (secondary N) is 1. The van der Waals surface area contributed by atoms with Crippen LogP contribution in [0.4, 0.5) is 10.5 Å². The van der Waals surface area contributed by atoms with Crippen molar-refractivity contribution in [3.63, 3.8) is 0 Å². The predicted octanol–water partition coefficient (Wildman–Crippen LogP) is 6.24. The highest BCUT2D eigenvalue weighted by molar-refractivity contribution is 6.33. The molecule has 0 spiro atoms. The lowest BCUT2D eigenvalue weighted by molar-refractivity contribution is -0.135. The molecule has 8 heteroatoms. The number of amides is 2. The number of carbonyl (C=O) groups is 2. The first-order chi connectivity index (χ1) is 16.4. The average molecular weight is 521 g/mol. The van der Waals surface area contributed by atoms with Crippen molar-refractivity contribution in [2.75, 3.05) is 24.5 Å². The number of aryl methyl sites for hydroxylation is 1. The number of benzene rings is 2. The van der Waals surface area contributed by atoms with Gasteiger partial charge in [0.15, 0.2) is 0 Å². The number of ether oxygens (including phenoxy) is 1. The van der Waals surface area contributed by atoms with Gasteiger partial charge in [0.1, 0.15) is 11.6 Å². The highest BCUT2D eigenvalue weighted by Gasteiger charge is 2.36. The number of piperazine rings is 1. The van der Waals surface area contributed by atoms with Crippen LogP contribution in [0.25, 0.3) is 0 Å². The van der Waals surface area contributed by atoms with E-state index in [1.165, 1.54) is 0 Å². The van der Waals surface area contributed by atoms with Crippen LogP contribution in [0.5, 0.6) is 0 Å². The second kappa shape index (κ2) is 11.1. The number of hydrogen-bond donors (Lipinski definition) is 1. The van der Waals surface area contributed by atoms with Crippen LogP contribution in [0.2, 0.25) is 10.0 Å². The summed E-state index contributed by atoms with van der Waals surface area (Å²) in [5.41, 5.74) is 2.40. The van der Waals surface area contributed by atoms with Gasteiger partial charge in [0, 0.05) is 24.7 Å². The molecule has 35 heavy (non-hydrogen) atoms. The van der Waals surface area contributed by atoms with Gasteiger partial charge in [-0.3, -0.25) is 4.79 Å². The molecule has 0 unspecified atom stereocenters. The Kier molecular flexibility index (Phi) is 8.60. The van der Waals surface area contributed by atoms with Gasteiger partial charge in [0.2, 0.25) is 5.91 Å². The number of hydrogen-bond acceptors (Lipinski definition) is 4. The molecule has 2 aromatic rings. The lowest BCUT2D eigenvalue weighted by Gasteiger charge is -2.44. The van der Waals surface area contributed by atoms with Gasteiger partial charge in [-0.2, -0.15) is 0 Å². The van der Waals surface area contributed by atoms with E-state index < -0.39 is 17.7 Å². The summed E-state index contributed by atoms with van der Waals surface area (Å²) in [6.45, 7) is 12.8. The van der Waals surface area contributed by atoms with Gasteiger partial charge in [0.05, 0.1) is 16.8 Å². The summed E-state index contributed by atoms with van der Waals surface area (Å²) in [6.07, 6.45) is -0.594. The largest absolute Gasteiger partial charge is 0.444 e. The standard InChI is InChI=1S/C27H35Cl2N3O3/c1-17(2)24(30-26(34)35-27(4,5)6)25(33)31-13-14-32(22-12-7-18(3)15-21(22)29)23(16-31)19-8-10-20(28)11-9-19/h7-12,15,17,23-24H,13-14,16H2,1-6H3,(H,30,34)/t23-,24+/m0/s1. The van der Waals surface area contributed by atoms with E-state index in [1.807, 2.05) is 68.1 Å². The molecule has 1 aliphatic rings. The summed E-state index contributed by atoms with van der Waals surface area (Å²) in [7, 11) is 0. The summed E-state index contributed by atoms with van der Waals surface area (Å²) in [5, 5.41) is 4.11. The van der Waals surface area contributed by atoms with Crippen LogP contribution in [0.15, 0.2) is 42.5 Å². The van der Waals surface area contributed by atoms with E-state index in [9.17, 15) is 9.59 Å². The molecule has 2 amide bonds. The Morgan fingerprint density at radius 1 is 1.06 bits per heavy atom. The first-order valence-corrected chi connectivity index (χ1v) is 12.7. The molecule has 1 fully saturated rings. The third-order valence-electron chi connectivity index (χ3n) is 5.96. The van der Waals surface area contributed by atoms with E-state index >= 15 is 0 Å². The summed E-state index contributed by atoms with van der Waals surface area (Å²) < 4.78 is 5.40. The zero-order valence-electron chi connectivity index (χ0n) is 21.3. The topological polar surface area (TPSA) is 61.9 Å². The molecule has 0 radical (unpaired) electrons. The third kappa shape index (κ3) is 7.05. The molecule has 0 aliphatic carbocycles. The zero-order chi connectivity index (χ0) is 25.9. The minimum absolute atomic E-state index is 0.103. The van der Waals surface area contributed by atoms with Crippen molar-refractivity contribution < 1.29 is 14.3 Å². The highest BCUT2D eigenvalue weighted by Crippen LogP contribution is 2.36. The van der Waals surface area contributed by atoms with Crippen molar-refractivity contribution in [2.24, 2.45) is 5.92 Å². The number of nitrogens with zero attached hydrogens (tertiary/aromatic N) is 2. The molecule has 0 bridgehead atoms. The maximum absolute atomic E-state index is 13.6. The molecule has 0 aromatic heterocycles. The lowest BCUT2D eigenvalue weighted by atomic mass is 9.98. The molecule has 2 aromatic carbocycles. The maximum Gasteiger partial charge on any atom is 0.408 e. The summed E-state index contributed by atoms with van der Waals surface area (Å²) >= 11 is 12.8. The van der Waals surface area contributed by atoms with E-state index in [0.29, 0.717) is 29.7 Å². The number of halogens is 2. The van der Waals surface area contributed by atoms with Crippen molar-refractivity contribution in [2.45, 2.75) is 59.2 Å².